The standard InChI is InChI=1S/C24H43NO3/c1-4-6-7-8-9-10-11-12-13-14-15-16-17-18-19-20-22(26)25-23(24(27)28)21(3)5-2/h9-10,12-13,21,23H,4-8,11,14-20H2,1-3H3,(H,25,26)(H,27,28)/b10-9-,13-12-/t21-,23-/m0/s1. The van der Waals surface area contributed by atoms with Crippen molar-refractivity contribution in [3.63, 3.8) is 0 Å². The second-order valence-corrected chi connectivity index (χ2v) is 7.75. The average molecular weight is 394 g/mol. The van der Waals surface area contributed by atoms with Crippen LogP contribution in [-0.4, -0.2) is 23.0 Å². The number of hydrogen-bond acceptors (Lipinski definition) is 2. The highest BCUT2D eigenvalue weighted by molar-refractivity contribution is 5.83. The third kappa shape index (κ3) is 15.5. The number of unbranched alkanes of at least 4 members (excludes halogenated alkanes) is 8. The highest BCUT2D eigenvalue weighted by Gasteiger charge is 2.24. The fourth-order valence-electron chi connectivity index (χ4n) is 3.03. The zero-order valence-corrected chi connectivity index (χ0v) is 18.4. The lowest BCUT2D eigenvalue weighted by Gasteiger charge is -2.20. The van der Waals surface area contributed by atoms with Crippen molar-refractivity contribution in [2.24, 2.45) is 5.92 Å². The maximum atomic E-state index is 11.9. The van der Waals surface area contributed by atoms with Crippen LogP contribution in [0, 0.1) is 5.92 Å². The first-order chi connectivity index (χ1) is 13.5. The number of rotatable bonds is 18. The molecule has 4 nitrogen and oxygen atoms in total. The second kappa shape index (κ2) is 18.8. The maximum Gasteiger partial charge on any atom is 0.326 e. The number of hydrogen-bond donors (Lipinski definition) is 2. The third-order valence-corrected chi connectivity index (χ3v) is 5.15. The van der Waals surface area contributed by atoms with Gasteiger partial charge in [-0.05, 0) is 44.4 Å². The minimum Gasteiger partial charge on any atom is -0.480 e. The molecule has 28 heavy (non-hydrogen) atoms. The highest BCUT2D eigenvalue weighted by atomic mass is 16.4. The SMILES string of the molecule is CCCCC/C=C\C/C=C\CCCCCCCC(=O)N[C@H](C(=O)O)[C@@H](C)CC. The summed E-state index contributed by atoms with van der Waals surface area (Å²) in [4.78, 5) is 23.1. The quantitative estimate of drug-likeness (QED) is 0.209. The number of carboxylic acid groups (broad SMARTS) is 1. The van der Waals surface area contributed by atoms with E-state index in [1.165, 1.54) is 38.5 Å². The number of carbonyl (C=O) groups is 2. The molecule has 4 heteroatoms. The molecule has 0 aliphatic carbocycles. The maximum absolute atomic E-state index is 11.9. The van der Waals surface area contributed by atoms with E-state index < -0.39 is 12.0 Å². The summed E-state index contributed by atoms with van der Waals surface area (Å²) in [6, 6.07) is -0.768. The van der Waals surface area contributed by atoms with Gasteiger partial charge < -0.3 is 10.4 Å². The molecule has 0 rings (SSSR count). The topological polar surface area (TPSA) is 66.4 Å². The van der Waals surface area contributed by atoms with Crippen LogP contribution in [0.5, 0.6) is 0 Å². The van der Waals surface area contributed by atoms with Crippen molar-refractivity contribution >= 4 is 11.9 Å². The van der Waals surface area contributed by atoms with Gasteiger partial charge in [-0.2, -0.15) is 0 Å². The van der Waals surface area contributed by atoms with Crippen molar-refractivity contribution in [1.82, 2.24) is 5.32 Å². The molecular weight excluding hydrogens is 350 g/mol. The van der Waals surface area contributed by atoms with Gasteiger partial charge in [0.15, 0.2) is 0 Å². The van der Waals surface area contributed by atoms with Gasteiger partial charge in [0.2, 0.25) is 5.91 Å². The normalized spacial score (nSPS) is 13.8. The van der Waals surface area contributed by atoms with E-state index in [1.54, 1.807) is 0 Å². The molecule has 0 aliphatic rings. The van der Waals surface area contributed by atoms with Crippen molar-refractivity contribution in [3.05, 3.63) is 24.3 Å². The van der Waals surface area contributed by atoms with E-state index >= 15 is 0 Å². The summed E-state index contributed by atoms with van der Waals surface area (Å²) in [6.07, 6.45) is 22.9. The fraction of sp³-hybridized carbons (Fsp3) is 0.750. The van der Waals surface area contributed by atoms with Gasteiger partial charge in [-0.25, -0.2) is 4.79 Å². The zero-order valence-electron chi connectivity index (χ0n) is 18.4. The van der Waals surface area contributed by atoms with Crippen LogP contribution in [0.4, 0.5) is 0 Å². The Labute approximate surface area is 172 Å². The Morgan fingerprint density at radius 3 is 2.00 bits per heavy atom. The summed E-state index contributed by atoms with van der Waals surface area (Å²) in [5, 5.41) is 11.9. The van der Waals surface area contributed by atoms with Gasteiger partial charge in [0.1, 0.15) is 6.04 Å². The van der Waals surface area contributed by atoms with Crippen LogP contribution in [0.3, 0.4) is 0 Å². The number of aliphatic carboxylic acids is 1. The Bertz CT molecular complexity index is 457. The van der Waals surface area contributed by atoms with Crippen molar-refractivity contribution in [2.45, 2.75) is 110 Å². The monoisotopic (exact) mass is 393 g/mol. The molecule has 0 saturated heterocycles. The molecule has 0 aromatic rings. The molecule has 0 radical (unpaired) electrons. The predicted molar refractivity (Wildman–Crippen MR) is 118 cm³/mol. The molecule has 162 valence electrons. The number of allylic oxidation sites excluding steroid dienone is 4. The molecule has 0 aliphatic heterocycles. The summed E-state index contributed by atoms with van der Waals surface area (Å²) in [5.74, 6) is -1.13. The van der Waals surface area contributed by atoms with E-state index in [0.29, 0.717) is 6.42 Å². The van der Waals surface area contributed by atoms with Gasteiger partial charge in [0.25, 0.3) is 0 Å². The Hall–Kier alpha value is -1.58. The molecule has 0 spiro atoms. The number of carboxylic acids is 1. The van der Waals surface area contributed by atoms with Gasteiger partial charge >= 0.3 is 5.97 Å². The number of nitrogens with one attached hydrogen (secondary N) is 1. The first kappa shape index (κ1) is 26.4. The lowest BCUT2D eigenvalue weighted by molar-refractivity contribution is -0.143. The third-order valence-electron chi connectivity index (χ3n) is 5.15. The molecular formula is C24H43NO3. The predicted octanol–water partition coefficient (Wildman–Crippen LogP) is 6.42. The van der Waals surface area contributed by atoms with Gasteiger partial charge in [-0.1, -0.05) is 83.6 Å². The van der Waals surface area contributed by atoms with Crippen LogP contribution < -0.4 is 5.32 Å². The van der Waals surface area contributed by atoms with E-state index in [4.69, 9.17) is 0 Å². The van der Waals surface area contributed by atoms with Crippen LogP contribution in [0.1, 0.15) is 104 Å². The molecule has 0 fully saturated rings. The van der Waals surface area contributed by atoms with Gasteiger partial charge in [-0.15, -0.1) is 0 Å². The second-order valence-electron chi connectivity index (χ2n) is 7.75. The van der Waals surface area contributed by atoms with Crippen LogP contribution >= 0.6 is 0 Å². The molecule has 1 amide bonds. The van der Waals surface area contributed by atoms with Crippen molar-refractivity contribution in [3.8, 4) is 0 Å². The largest absolute Gasteiger partial charge is 0.480 e. The summed E-state index contributed by atoms with van der Waals surface area (Å²) >= 11 is 0. The van der Waals surface area contributed by atoms with Gasteiger partial charge in [0.05, 0.1) is 0 Å². The number of carbonyl (C=O) groups excluding carboxylic acids is 1. The summed E-state index contributed by atoms with van der Waals surface area (Å²) in [7, 11) is 0. The first-order valence-electron chi connectivity index (χ1n) is 11.3. The minimum absolute atomic E-state index is 0.0500. The minimum atomic E-state index is -0.942. The molecule has 0 aromatic heterocycles. The molecule has 0 aromatic carbocycles. The van der Waals surface area contributed by atoms with Gasteiger partial charge in [0, 0.05) is 6.42 Å². The lowest BCUT2D eigenvalue weighted by atomic mass is 9.99. The summed E-state index contributed by atoms with van der Waals surface area (Å²) < 4.78 is 0. The van der Waals surface area contributed by atoms with Crippen LogP contribution in [0.2, 0.25) is 0 Å². The molecule has 0 unspecified atom stereocenters. The Morgan fingerprint density at radius 1 is 0.857 bits per heavy atom. The average Bonchev–Trinajstić information content (AvgIpc) is 2.68. The van der Waals surface area contributed by atoms with Crippen LogP contribution in [0.15, 0.2) is 24.3 Å². The van der Waals surface area contributed by atoms with Crippen molar-refractivity contribution < 1.29 is 14.7 Å². The van der Waals surface area contributed by atoms with E-state index in [0.717, 1.165) is 38.5 Å². The van der Waals surface area contributed by atoms with E-state index in [1.807, 2.05) is 13.8 Å². The van der Waals surface area contributed by atoms with Crippen molar-refractivity contribution in [2.75, 3.05) is 0 Å². The molecule has 0 saturated carbocycles. The molecule has 2 N–H and O–H groups in total. The Kier molecular flexibility index (Phi) is 17.7. The Balaban J connectivity index is 3.59. The zero-order chi connectivity index (χ0) is 21.0. The van der Waals surface area contributed by atoms with E-state index in [2.05, 4.69) is 36.5 Å². The molecule has 0 bridgehead atoms. The molecule has 2 atom stereocenters. The van der Waals surface area contributed by atoms with E-state index in [-0.39, 0.29) is 11.8 Å². The smallest absolute Gasteiger partial charge is 0.326 e. The fourth-order valence-corrected chi connectivity index (χ4v) is 3.03. The van der Waals surface area contributed by atoms with Gasteiger partial charge in [-0.3, -0.25) is 4.79 Å². The molecule has 0 heterocycles. The van der Waals surface area contributed by atoms with E-state index in [9.17, 15) is 14.7 Å². The van der Waals surface area contributed by atoms with Crippen LogP contribution in [-0.2, 0) is 9.59 Å². The lowest BCUT2D eigenvalue weighted by Crippen LogP contribution is -2.44. The summed E-state index contributed by atoms with van der Waals surface area (Å²) in [5.41, 5.74) is 0. The Morgan fingerprint density at radius 2 is 1.43 bits per heavy atom. The number of amides is 1. The first-order valence-corrected chi connectivity index (χ1v) is 11.3. The summed E-state index contributed by atoms with van der Waals surface area (Å²) in [6.45, 7) is 6.03. The highest BCUT2D eigenvalue weighted by Crippen LogP contribution is 2.11. The van der Waals surface area contributed by atoms with Crippen molar-refractivity contribution in [1.29, 1.82) is 0 Å². The van der Waals surface area contributed by atoms with Crippen LogP contribution in [0.25, 0.3) is 0 Å².